The number of fused-ring (bicyclic) bond motifs is 1. The average molecular weight is 446 g/mol. The van der Waals surface area contributed by atoms with Crippen LogP contribution < -0.4 is 0 Å². The molecule has 3 atom stereocenters. The normalized spacial score (nSPS) is 27.3. The molecule has 7 nitrogen and oxygen atoms in total. The maximum atomic E-state index is 10.6. The first-order chi connectivity index (χ1) is 14.8. The second-order valence-corrected chi connectivity index (χ2v) is 8.04. The van der Waals surface area contributed by atoms with E-state index >= 15 is 0 Å². The number of carboxylic acid groups (broad SMARTS) is 1. The van der Waals surface area contributed by atoms with Crippen LogP contribution in [0.5, 0.6) is 0 Å². The van der Waals surface area contributed by atoms with Crippen LogP contribution in [0.3, 0.4) is 0 Å². The van der Waals surface area contributed by atoms with Crippen LogP contribution in [0.15, 0.2) is 24.5 Å². The molecule has 3 fully saturated rings. The maximum Gasteiger partial charge on any atom is 0.490 e. The molecular weight excluding hydrogens is 417 g/mol. The van der Waals surface area contributed by atoms with E-state index in [9.17, 15) is 13.2 Å². The van der Waals surface area contributed by atoms with Gasteiger partial charge in [-0.05, 0) is 43.2 Å². The highest BCUT2D eigenvalue weighted by atomic mass is 19.4. The third kappa shape index (κ3) is 7.13. The van der Waals surface area contributed by atoms with Crippen molar-refractivity contribution in [2.75, 3.05) is 33.0 Å². The molecule has 3 aliphatic rings. The SMILES string of the molecule is O=C(O)C(F)(F)F.c1cncc(CN2CCO[C@H]3[C@H](OCC4CCOCC4)CC[C@@H]32)c1. The molecule has 2 aliphatic heterocycles. The molecule has 0 amide bonds. The largest absolute Gasteiger partial charge is 0.490 e. The summed E-state index contributed by atoms with van der Waals surface area (Å²) in [6.45, 7) is 5.41. The number of nitrogens with zero attached hydrogens (tertiary/aromatic N) is 2. The summed E-state index contributed by atoms with van der Waals surface area (Å²) in [5, 5.41) is 7.12. The predicted octanol–water partition coefficient (Wildman–Crippen LogP) is 2.89. The van der Waals surface area contributed by atoms with E-state index in [1.165, 1.54) is 12.0 Å². The number of ether oxygens (including phenoxy) is 3. The minimum Gasteiger partial charge on any atom is -0.475 e. The summed E-state index contributed by atoms with van der Waals surface area (Å²) in [6.07, 6.45) is 3.76. The van der Waals surface area contributed by atoms with Gasteiger partial charge in [-0.1, -0.05) is 6.07 Å². The lowest BCUT2D eigenvalue weighted by molar-refractivity contribution is -0.192. The smallest absolute Gasteiger partial charge is 0.475 e. The van der Waals surface area contributed by atoms with Gasteiger partial charge in [0.1, 0.15) is 0 Å². The maximum absolute atomic E-state index is 10.6. The minimum absolute atomic E-state index is 0.232. The van der Waals surface area contributed by atoms with Crippen LogP contribution in [-0.4, -0.2) is 78.4 Å². The fourth-order valence-corrected chi connectivity index (χ4v) is 4.27. The van der Waals surface area contributed by atoms with Crippen molar-refractivity contribution in [1.29, 1.82) is 0 Å². The monoisotopic (exact) mass is 446 g/mol. The zero-order valence-corrected chi connectivity index (χ0v) is 17.3. The fraction of sp³-hybridized carbons (Fsp3) is 0.714. The van der Waals surface area contributed by atoms with Gasteiger partial charge in [0.25, 0.3) is 0 Å². The number of morpholine rings is 1. The van der Waals surface area contributed by atoms with Gasteiger partial charge < -0.3 is 19.3 Å². The molecule has 1 aromatic rings. The number of hydrogen-bond donors (Lipinski definition) is 1. The first-order valence-corrected chi connectivity index (χ1v) is 10.6. The molecule has 4 rings (SSSR count). The molecule has 1 N–H and O–H groups in total. The summed E-state index contributed by atoms with van der Waals surface area (Å²) < 4.78 is 49.6. The van der Waals surface area contributed by atoms with Gasteiger partial charge in [-0.3, -0.25) is 9.88 Å². The Kier molecular flexibility index (Phi) is 8.65. The summed E-state index contributed by atoms with van der Waals surface area (Å²) in [4.78, 5) is 15.7. The molecule has 0 bridgehead atoms. The molecule has 0 unspecified atom stereocenters. The van der Waals surface area contributed by atoms with Crippen molar-refractivity contribution in [2.24, 2.45) is 5.92 Å². The molecule has 1 saturated carbocycles. The Morgan fingerprint density at radius 1 is 1.23 bits per heavy atom. The Morgan fingerprint density at radius 3 is 2.61 bits per heavy atom. The van der Waals surface area contributed by atoms with Gasteiger partial charge >= 0.3 is 12.1 Å². The number of carboxylic acids is 1. The van der Waals surface area contributed by atoms with Crippen LogP contribution >= 0.6 is 0 Å². The van der Waals surface area contributed by atoms with Gasteiger partial charge in [0.05, 0.1) is 25.4 Å². The Balaban J connectivity index is 0.000000339. The van der Waals surface area contributed by atoms with Gasteiger partial charge in [-0.25, -0.2) is 4.79 Å². The van der Waals surface area contributed by atoms with E-state index in [4.69, 9.17) is 24.1 Å². The van der Waals surface area contributed by atoms with Crippen LogP contribution in [0.2, 0.25) is 0 Å². The van der Waals surface area contributed by atoms with E-state index in [2.05, 4.69) is 16.0 Å². The van der Waals surface area contributed by atoms with Crippen LogP contribution in [0, 0.1) is 5.92 Å². The molecule has 0 spiro atoms. The van der Waals surface area contributed by atoms with E-state index in [0.717, 1.165) is 58.8 Å². The van der Waals surface area contributed by atoms with Crippen molar-refractivity contribution in [3.63, 3.8) is 0 Å². The van der Waals surface area contributed by atoms with Crippen LogP contribution in [0.4, 0.5) is 13.2 Å². The number of halogens is 3. The summed E-state index contributed by atoms with van der Waals surface area (Å²) in [6, 6.07) is 4.66. The van der Waals surface area contributed by atoms with Gasteiger partial charge in [0.15, 0.2) is 0 Å². The lowest BCUT2D eigenvalue weighted by atomic mass is 10.0. The number of aliphatic carboxylic acids is 1. The highest BCUT2D eigenvalue weighted by Gasteiger charge is 2.43. The second kappa shape index (κ2) is 11.2. The molecule has 0 aromatic carbocycles. The predicted molar refractivity (Wildman–Crippen MR) is 104 cm³/mol. The average Bonchev–Trinajstić information content (AvgIpc) is 3.18. The third-order valence-corrected chi connectivity index (χ3v) is 5.89. The van der Waals surface area contributed by atoms with Crippen LogP contribution in [0.25, 0.3) is 0 Å². The van der Waals surface area contributed by atoms with Crippen molar-refractivity contribution in [3.05, 3.63) is 30.1 Å². The lowest BCUT2D eigenvalue weighted by Gasteiger charge is -2.39. The number of pyridine rings is 1. The number of alkyl halides is 3. The molecular formula is C21H29F3N2O5. The minimum atomic E-state index is -5.08. The molecule has 2 saturated heterocycles. The molecule has 31 heavy (non-hydrogen) atoms. The number of hydrogen-bond acceptors (Lipinski definition) is 6. The molecule has 1 aliphatic carbocycles. The van der Waals surface area contributed by atoms with Gasteiger partial charge in [0, 0.05) is 44.7 Å². The molecule has 174 valence electrons. The van der Waals surface area contributed by atoms with Crippen molar-refractivity contribution in [3.8, 4) is 0 Å². The number of rotatable bonds is 5. The van der Waals surface area contributed by atoms with Crippen molar-refractivity contribution >= 4 is 5.97 Å². The standard InChI is InChI=1S/C19H28N2O3.C2HF3O2/c1-2-16(12-20-7-1)13-21-8-11-23-19-17(21)3-4-18(19)24-14-15-5-9-22-10-6-15;3-2(4,5)1(6)7/h1-2,7,12,15,17-19H,3-6,8-11,13-14H2;(H,6,7)/t17-,18+,19+;/m0./s1. The number of aromatic nitrogens is 1. The van der Waals surface area contributed by atoms with Crippen molar-refractivity contribution in [2.45, 2.75) is 56.7 Å². The zero-order valence-electron chi connectivity index (χ0n) is 17.3. The Labute approximate surface area is 179 Å². The lowest BCUT2D eigenvalue weighted by Crippen LogP contribution is -2.51. The van der Waals surface area contributed by atoms with Crippen molar-refractivity contribution in [1.82, 2.24) is 9.88 Å². The second-order valence-electron chi connectivity index (χ2n) is 8.04. The third-order valence-electron chi connectivity index (χ3n) is 5.89. The topological polar surface area (TPSA) is 81.1 Å². The zero-order chi connectivity index (χ0) is 22.3. The summed E-state index contributed by atoms with van der Waals surface area (Å²) >= 11 is 0. The van der Waals surface area contributed by atoms with E-state index in [1.807, 2.05) is 18.5 Å². The Morgan fingerprint density at radius 2 is 1.97 bits per heavy atom. The summed E-state index contributed by atoms with van der Waals surface area (Å²) in [5.41, 5.74) is 1.28. The van der Waals surface area contributed by atoms with Crippen LogP contribution in [0.1, 0.15) is 31.2 Å². The highest BCUT2D eigenvalue weighted by molar-refractivity contribution is 5.73. The first-order valence-electron chi connectivity index (χ1n) is 10.6. The fourth-order valence-electron chi connectivity index (χ4n) is 4.27. The molecule has 0 radical (unpaired) electrons. The summed E-state index contributed by atoms with van der Waals surface area (Å²) in [7, 11) is 0. The Hall–Kier alpha value is -1.75. The highest BCUT2D eigenvalue weighted by Crippen LogP contribution is 2.33. The molecule has 3 heterocycles. The van der Waals surface area contributed by atoms with Crippen LogP contribution in [-0.2, 0) is 25.5 Å². The van der Waals surface area contributed by atoms with Gasteiger partial charge in [-0.2, -0.15) is 13.2 Å². The van der Waals surface area contributed by atoms with E-state index < -0.39 is 12.1 Å². The van der Waals surface area contributed by atoms with E-state index in [-0.39, 0.29) is 12.2 Å². The van der Waals surface area contributed by atoms with E-state index in [1.54, 1.807) is 0 Å². The quantitative estimate of drug-likeness (QED) is 0.745. The van der Waals surface area contributed by atoms with E-state index in [0.29, 0.717) is 12.0 Å². The van der Waals surface area contributed by atoms with Gasteiger partial charge in [-0.15, -0.1) is 0 Å². The van der Waals surface area contributed by atoms with Gasteiger partial charge in [0.2, 0.25) is 0 Å². The molecule has 10 heteroatoms. The summed E-state index contributed by atoms with van der Waals surface area (Å²) in [5.74, 6) is -2.10. The van der Waals surface area contributed by atoms with Crippen molar-refractivity contribution < 1.29 is 37.3 Å². The molecule has 1 aromatic heterocycles. The first kappa shape index (κ1) is 23.9. The Bertz CT molecular complexity index is 685. The number of carbonyl (C=O) groups is 1.